The summed E-state index contributed by atoms with van der Waals surface area (Å²) in [6.45, 7) is 1.72. The quantitative estimate of drug-likeness (QED) is 0.771. The van der Waals surface area contributed by atoms with E-state index in [1.165, 1.54) is 12.4 Å². The molecule has 4 rings (SSSR count). The maximum atomic E-state index is 13.4. The van der Waals surface area contributed by atoms with Gasteiger partial charge in [0.2, 0.25) is 5.95 Å². The van der Waals surface area contributed by atoms with Crippen molar-refractivity contribution in [2.75, 3.05) is 10.6 Å². The summed E-state index contributed by atoms with van der Waals surface area (Å²) < 4.78 is 13.4. The SMILES string of the molecule is Cc1cc(Nc2ncnc3cnc(NC4CC4)nc23)ccc1F. The summed E-state index contributed by atoms with van der Waals surface area (Å²) in [5.74, 6) is 0.914. The molecule has 2 heterocycles. The fraction of sp³-hybridized carbons (Fsp3) is 0.250. The van der Waals surface area contributed by atoms with Crippen molar-refractivity contribution in [2.24, 2.45) is 0 Å². The molecule has 1 saturated carbocycles. The molecule has 0 unspecified atom stereocenters. The van der Waals surface area contributed by atoms with Gasteiger partial charge in [0.05, 0.1) is 6.20 Å². The van der Waals surface area contributed by atoms with Crippen molar-refractivity contribution >= 4 is 28.5 Å². The first kappa shape index (κ1) is 13.8. The molecule has 1 aliphatic rings. The molecule has 1 aromatic carbocycles. The van der Waals surface area contributed by atoms with E-state index in [0.29, 0.717) is 34.4 Å². The Kier molecular flexibility index (Phi) is 3.25. The average molecular weight is 310 g/mol. The number of benzene rings is 1. The average Bonchev–Trinajstić information content (AvgIpc) is 3.35. The molecule has 0 bridgehead atoms. The topological polar surface area (TPSA) is 75.6 Å². The van der Waals surface area contributed by atoms with E-state index in [0.717, 1.165) is 18.5 Å². The summed E-state index contributed by atoms with van der Waals surface area (Å²) in [7, 11) is 0. The van der Waals surface area contributed by atoms with E-state index in [1.807, 2.05) is 0 Å². The third-order valence-electron chi connectivity index (χ3n) is 3.71. The van der Waals surface area contributed by atoms with Crippen molar-refractivity contribution in [1.29, 1.82) is 0 Å². The van der Waals surface area contributed by atoms with Crippen LogP contribution in [0.25, 0.3) is 11.0 Å². The third kappa shape index (κ3) is 2.90. The monoisotopic (exact) mass is 310 g/mol. The second-order valence-corrected chi connectivity index (χ2v) is 5.66. The van der Waals surface area contributed by atoms with Crippen LogP contribution in [0.2, 0.25) is 0 Å². The van der Waals surface area contributed by atoms with Crippen LogP contribution in [0.4, 0.5) is 21.8 Å². The van der Waals surface area contributed by atoms with Crippen LogP contribution in [-0.2, 0) is 0 Å². The number of anilines is 3. The molecular formula is C16H15FN6. The van der Waals surface area contributed by atoms with E-state index in [2.05, 4.69) is 30.6 Å². The summed E-state index contributed by atoms with van der Waals surface area (Å²) in [6.07, 6.45) is 5.42. The Bertz CT molecular complexity index is 878. The molecule has 116 valence electrons. The molecule has 0 atom stereocenters. The third-order valence-corrected chi connectivity index (χ3v) is 3.71. The van der Waals surface area contributed by atoms with Crippen molar-refractivity contribution in [2.45, 2.75) is 25.8 Å². The molecule has 23 heavy (non-hydrogen) atoms. The summed E-state index contributed by atoms with van der Waals surface area (Å²) >= 11 is 0. The van der Waals surface area contributed by atoms with Crippen molar-refractivity contribution < 1.29 is 4.39 Å². The predicted molar refractivity (Wildman–Crippen MR) is 86.2 cm³/mol. The van der Waals surface area contributed by atoms with Gasteiger partial charge < -0.3 is 10.6 Å². The lowest BCUT2D eigenvalue weighted by molar-refractivity contribution is 0.619. The maximum Gasteiger partial charge on any atom is 0.223 e. The van der Waals surface area contributed by atoms with Crippen LogP contribution in [-0.4, -0.2) is 26.0 Å². The highest BCUT2D eigenvalue weighted by Crippen LogP contribution is 2.26. The van der Waals surface area contributed by atoms with Crippen molar-refractivity contribution in [1.82, 2.24) is 19.9 Å². The lowest BCUT2D eigenvalue weighted by atomic mass is 10.2. The number of fused-ring (bicyclic) bond motifs is 1. The minimum absolute atomic E-state index is 0.235. The number of aromatic nitrogens is 4. The van der Waals surface area contributed by atoms with Crippen LogP contribution < -0.4 is 10.6 Å². The van der Waals surface area contributed by atoms with E-state index in [1.54, 1.807) is 25.3 Å². The molecule has 2 N–H and O–H groups in total. The van der Waals surface area contributed by atoms with Gasteiger partial charge in [0.1, 0.15) is 23.2 Å². The molecule has 0 radical (unpaired) electrons. The second-order valence-electron chi connectivity index (χ2n) is 5.66. The van der Waals surface area contributed by atoms with Gasteiger partial charge in [-0.15, -0.1) is 0 Å². The zero-order valence-corrected chi connectivity index (χ0v) is 12.5. The molecule has 1 aliphatic carbocycles. The van der Waals surface area contributed by atoms with E-state index in [-0.39, 0.29) is 5.82 Å². The second kappa shape index (κ2) is 5.42. The molecule has 7 heteroatoms. The van der Waals surface area contributed by atoms with Crippen LogP contribution in [0.1, 0.15) is 18.4 Å². The predicted octanol–water partition coefficient (Wildman–Crippen LogP) is 3.19. The van der Waals surface area contributed by atoms with Gasteiger partial charge in [0.25, 0.3) is 0 Å². The molecular weight excluding hydrogens is 295 g/mol. The lowest BCUT2D eigenvalue weighted by Crippen LogP contribution is -2.06. The standard InChI is InChI=1S/C16H15FN6/c1-9-6-11(4-5-12(9)17)21-15-14-13(19-8-20-15)7-18-16(23-14)22-10-2-3-10/h4-8,10H,2-3H2,1H3,(H,18,22,23)(H,19,20,21). The highest BCUT2D eigenvalue weighted by molar-refractivity contribution is 5.87. The highest BCUT2D eigenvalue weighted by atomic mass is 19.1. The van der Waals surface area contributed by atoms with Gasteiger partial charge in [-0.25, -0.2) is 24.3 Å². The smallest absolute Gasteiger partial charge is 0.223 e. The van der Waals surface area contributed by atoms with Crippen LogP contribution in [0.5, 0.6) is 0 Å². The van der Waals surface area contributed by atoms with E-state index >= 15 is 0 Å². The Labute approximate surface area is 132 Å². The molecule has 0 saturated heterocycles. The first-order chi connectivity index (χ1) is 11.2. The number of halogens is 1. The Morgan fingerprint density at radius 2 is 2.04 bits per heavy atom. The Hall–Kier alpha value is -2.83. The van der Waals surface area contributed by atoms with Crippen molar-refractivity contribution in [3.05, 3.63) is 42.1 Å². The van der Waals surface area contributed by atoms with Gasteiger partial charge in [-0.2, -0.15) is 0 Å². The van der Waals surface area contributed by atoms with Gasteiger partial charge in [-0.3, -0.25) is 0 Å². The fourth-order valence-electron chi connectivity index (χ4n) is 2.28. The zero-order chi connectivity index (χ0) is 15.8. The van der Waals surface area contributed by atoms with Crippen LogP contribution in [0.3, 0.4) is 0 Å². The summed E-state index contributed by atoms with van der Waals surface area (Å²) in [5, 5.41) is 6.44. The largest absolute Gasteiger partial charge is 0.351 e. The number of hydrogen-bond acceptors (Lipinski definition) is 6. The normalized spacial score (nSPS) is 14.0. The van der Waals surface area contributed by atoms with Gasteiger partial charge >= 0.3 is 0 Å². The van der Waals surface area contributed by atoms with Gasteiger partial charge in [-0.1, -0.05) is 0 Å². The summed E-state index contributed by atoms with van der Waals surface area (Å²) in [6, 6.07) is 5.29. The van der Waals surface area contributed by atoms with E-state index in [4.69, 9.17) is 0 Å². The number of nitrogens with zero attached hydrogens (tertiary/aromatic N) is 4. The molecule has 6 nitrogen and oxygen atoms in total. The number of aryl methyl sites for hydroxylation is 1. The highest BCUT2D eigenvalue weighted by Gasteiger charge is 2.22. The Balaban J connectivity index is 1.71. The van der Waals surface area contributed by atoms with E-state index < -0.39 is 0 Å². The van der Waals surface area contributed by atoms with Gasteiger partial charge in [0, 0.05) is 11.7 Å². The van der Waals surface area contributed by atoms with Crippen LogP contribution in [0, 0.1) is 12.7 Å². The van der Waals surface area contributed by atoms with Crippen LogP contribution in [0.15, 0.2) is 30.7 Å². The molecule has 3 aromatic rings. The Morgan fingerprint density at radius 1 is 1.17 bits per heavy atom. The van der Waals surface area contributed by atoms with Crippen LogP contribution >= 0.6 is 0 Å². The first-order valence-electron chi connectivity index (χ1n) is 7.46. The maximum absolute atomic E-state index is 13.4. The molecule has 1 fully saturated rings. The summed E-state index contributed by atoms with van der Waals surface area (Å²) in [4.78, 5) is 17.2. The minimum Gasteiger partial charge on any atom is -0.351 e. The molecule has 0 aliphatic heterocycles. The lowest BCUT2D eigenvalue weighted by Gasteiger charge is -2.09. The number of rotatable bonds is 4. The zero-order valence-electron chi connectivity index (χ0n) is 12.5. The molecule has 0 amide bonds. The minimum atomic E-state index is -0.235. The van der Waals surface area contributed by atoms with Gasteiger partial charge in [0.15, 0.2) is 5.82 Å². The molecule has 2 aromatic heterocycles. The van der Waals surface area contributed by atoms with E-state index in [9.17, 15) is 4.39 Å². The van der Waals surface area contributed by atoms with Crippen molar-refractivity contribution in [3.8, 4) is 0 Å². The first-order valence-corrected chi connectivity index (χ1v) is 7.46. The summed E-state index contributed by atoms with van der Waals surface area (Å²) in [5.41, 5.74) is 2.61. The fourth-order valence-corrected chi connectivity index (χ4v) is 2.28. The molecule has 0 spiro atoms. The van der Waals surface area contributed by atoms with Crippen molar-refractivity contribution in [3.63, 3.8) is 0 Å². The number of hydrogen-bond donors (Lipinski definition) is 2. The van der Waals surface area contributed by atoms with Gasteiger partial charge in [-0.05, 0) is 43.5 Å². The Morgan fingerprint density at radius 3 is 2.83 bits per heavy atom. The number of nitrogens with one attached hydrogen (secondary N) is 2.